The van der Waals surface area contributed by atoms with Crippen molar-refractivity contribution >= 4 is 5.78 Å². The van der Waals surface area contributed by atoms with Gasteiger partial charge < -0.3 is 0 Å². The molecular weight excluding hydrogens is 148 g/mol. The Hall–Kier alpha value is -0.330. The second kappa shape index (κ2) is 2.34. The molecule has 0 aromatic rings. The van der Waals surface area contributed by atoms with Crippen LogP contribution >= 0.6 is 0 Å². The Morgan fingerprint density at radius 3 is 2.83 bits per heavy atom. The molecule has 66 valence electrons. The molecule has 3 aliphatic rings. The zero-order valence-corrected chi connectivity index (χ0v) is 7.46. The van der Waals surface area contributed by atoms with Gasteiger partial charge in [-0.05, 0) is 37.0 Å². The van der Waals surface area contributed by atoms with E-state index in [-0.39, 0.29) is 0 Å². The van der Waals surface area contributed by atoms with Crippen LogP contribution < -0.4 is 0 Å². The molecule has 0 saturated heterocycles. The van der Waals surface area contributed by atoms with Crippen molar-refractivity contribution < 1.29 is 4.79 Å². The number of ketones is 1. The molecule has 1 heteroatoms. The largest absolute Gasteiger partial charge is 0.299 e. The third-order valence-electron chi connectivity index (χ3n) is 4.42. The Balaban J connectivity index is 1.93. The Morgan fingerprint density at radius 2 is 1.92 bits per heavy atom. The number of hydrogen-bond donors (Lipinski definition) is 0. The number of hydrogen-bond acceptors (Lipinski definition) is 1. The molecule has 3 rings (SSSR count). The first-order valence-electron chi connectivity index (χ1n) is 5.37. The Morgan fingerprint density at radius 1 is 1.08 bits per heavy atom. The van der Waals surface area contributed by atoms with Gasteiger partial charge in [0.05, 0.1) is 0 Å². The molecule has 0 aromatic carbocycles. The molecule has 2 bridgehead atoms. The first kappa shape index (κ1) is 7.11. The topological polar surface area (TPSA) is 17.1 Å². The predicted octanol–water partition coefficient (Wildman–Crippen LogP) is 2.40. The van der Waals surface area contributed by atoms with Gasteiger partial charge in [0.1, 0.15) is 5.78 Å². The van der Waals surface area contributed by atoms with Crippen LogP contribution in [-0.2, 0) is 4.79 Å². The molecule has 12 heavy (non-hydrogen) atoms. The van der Waals surface area contributed by atoms with Gasteiger partial charge in [-0.15, -0.1) is 0 Å². The number of Topliss-reactive ketones (excluding diaryl/α,β-unsaturated/α-hetero) is 1. The minimum absolute atomic E-state index is 0.495. The molecule has 0 aromatic heterocycles. The highest BCUT2D eigenvalue weighted by molar-refractivity contribution is 5.82. The smallest absolute Gasteiger partial charge is 0.136 e. The van der Waals surface area contributed by atoms with E-state index in [1.807, 2.05) is 0 Å². The maximum absolute atomic E-state index is 11.6. The van der Waals surface area contributed by atoms with Gasteiger partial charge in [0.2, 0.25) is 0 Å². The quantitative estimate of drug-likeness (QED) is 0.537. The fraction of sp³-hybridized carbons (Fsp3) is 0.909. The van der Waals surface area contributed by atoms with E-state index in [2.05, 4.69) is 0 Å². The van der Waals surface area contributed by atoms with Gasteiger partial charge in [-0.3, -0.25) is 4.79 Å². The molecule has 0 radical (unpaired) electrons. The minimum atomic E-state index is 0.495. The maximum atomic E-state index is 11.6. The standard InChI is InChI=1S/C11H16O/c12-11-6-8-3-1-2-7-4-9(11)5-10(7)8/h7-10H,1-6H2. The summed E-state index contributed by atoms with van der Waals surface area (Å²) in [5.41, 5.74) is 0. The summed E-state index contributed by atoms with van der Waals surface area (Å²) in [5, 5.41) is 0. The Labute approximate surface area is 73.5 Å². The van der Waals surface area contributed by atoms with E-state index < -0.39 is 0 Å². The summed E-state index contributed by atoms with van der Waals surface area (Å²) in [6.45, 7) is 0. The van der Waals surface area contributed by atoms with Crippen LogP contribution in [0.15, 0.2) is 0 Å². The molecular formula is C11H16O. The van der Waals surface area contributed by atoms with E-state index in [9.17, 15) is 4.79 Å². The van der Waals surface area contributed by atoms with Crippen molar-refractivity contribution in [2.45, 2.75) is 38.5 Å². The lowest BCUT2D eigenvalue weighted by Crippen LogP contribution is -2.29. The van der Waals surface area contributed by atoms with Gasteiger partial charge in [-0.25, -0.2) is 0 Å². The van der Waals surface area contributed by atoms with Crippen LogP contribution in [0.1, 0.15) is 38.5 Å². The zero-order valence-electron chi connectivity index (χ0n) is 7.46. The van der Waals surface area contributed by atoms with Crippen LogP contribution in [0, 0.1) is 23.7 Å². The molecule has 3 aliphatic carbocycles. The van der Waals surface area contributed by atoms with Crippen molar-refractivity contribution in [3.8, 4) is 0 Å². The number of carbonyl (C=O) groups is 1. The fourth-order valence-corrected chi connectivity index (χ4v) is 3.86. The average Bonchev–Trinajstić information content (AvgIpc) is 2.46. The molecule has 0 heterocycles. The Kier molecular flexibility index (Phi) is 1.38. The van der Waals surface area contributed by atoms with E-state index in [0.29, 0.717) is 11.7 Å². The maximum Gasteiger partial charge on any atom is 0.136 e. The van der Waals surface area contributed by atoms with Gasteiger partial charge in [0.15, 0.2) is 0 Å². The summed E-state index contributed by atoms with van der Waals surface area (Å²) in [4.78, 5) is 11.6. The van der Waals surface area contributed by atoms with Crippen molar-refractivity contribution in [1.29, 1.82) is 0 Å². The number of rotatable bonds is 0. The van der Waals surface area contributed by atoms with Crippen LogP contribution in [0.4, 0.5) is 0 Å². The molecule has 1 nitrogen and oxygen atoms in total. The lowest BCUT2D eigenvalue weighted by molar-refractivity contribution is -0.125. The van der Waals surface area contributed by atoms with Crippen LogP contribution in [0.5, 0.6) is 0 Å². The van der Waals surface area contributed by atoms with Gasteiger partial charge in [0.25, 0.3) is 0 Å². The summed E-state index contributed by atoms with van der Waals surface area (Å²) >= 11 is 0. The second-order valence-electron chi connectivity index (χ2n) is 4.95. The molecule has 0 aliphatic heterocycles. The minimum Gasteiger partial charge on any atom is -0.299 e. The SMILES string of the molecule is O=C1CC2CCCC3CC1CC23. The van der Waals surface area contributed by atoms with Crippen LogP contribution in [0.25, 0.3) is 0 Å². The Bertz CT molecular complexity index is 219. The number of fused-ring (bicyclic) bond motifs is 1. The lowest BCUT2D eigenvalue weighted by atomic mass is 9.70. The second-order valence-corrected chi connectivity index (χ2v) is 4.95. The fourth-order valence-electron chi connectivity index (χ4n) is 3.86. The monoisotopic (exact) mass is 164 g/mol. The normalized spacial score (nSPS) is 51.2. The van der Waals surface area contributed by atoms with Crippen LogP contribution in [0.2, 0.25) is 0 Å². The summed E-state index contributed by atoms with van der Waals surface area (Å²) < 4.78 is 0. The van der Waals surface area contributed by atoms with E-state index in [0.717, 1.165) is 24.2 Å². The molecule has 0 N–H and O–H groups in total. The third-order valence-corrected chi connectivity index (χ3v) is 4.42. The van der Waals surface area contributed by atoms with Crippen molar-refractivity contribution in [3.05, 3.63) is 0 Å². The summed E-state index contributed by atoms with van der Waals surface area (Å²) in [5.74, 6) is 3.80. The zero-order chi connectivity index (χ0) is 8.13. The average molecular weight is 164 g/mol. The van der Waals surface area contributed by atoms with Gasteiger partial charge in [-0.2, -0.15) is 0 Å². The summed E-state index contributed by atoms with van der Waals surface area (Å²) in [6.07, 6.45) is 7.61. The first-order valence-corrected chi connectivity index (χ1v) is 5.37. The van der Waals surface area contributed by atoms with Crippen molar-refractivity contribution in [1.82, 2.24) is 0 Å². The van der Waals surface area contributed by atoms with E-state index in [1.165, 1.54) is 32.1 Å². The summed E-state index contributed by atoms with van der Waals surface area (Å²) in [7, 11) is 0. The van der Waals surface area contributed by atoms with E-state index in [4.69, 9.17) is 0 Å². The molecule has 0 amide bonds. The molecule has 3 fully saturated rings. The predicted molar refractivity (Wildman–Crippen MR) is 46.7 cm³/mol. The highest BCUT2D eigenvalue weighted by Gasteiger charge is 2.47. The van der Waals surface area contributed by atoms with Crippen molar-refractivity contribution in [2.24, 2.45) is 23.7 Å². The highest BCUT2D eigenvalue weighted by Crippen LogP contribution is 2.53. The molecule has 4 atom stereocenters. The number of carbonyl (C=O) groups excluding carboxylic acids is 1. The highest BCUT2D eigenvalue weighted by atomic mass is 16.1. The lowest BCUT2D eigenvalue weighted by Gasteiger charge is -2.34. The van der Waals surface area contributed by atoms with Crippen LogP contribution in [-0.4, -0.2) is 5.78 Å². The molecule has 3 saturated carbocycles. The summed E-state index contributed by atoms with van der Waals surface area (Å²) in [6, 6.07) is 0. The third kappa shape index (κ3) is 0.826. The van der Waals surface area contributed by atoms with Gasteiger partial charge in [0, 0.05) is 12.3 Å². The van der Waals surface area contributed by atoms with Crippen LogP contribution in [0.3, 0.4) is 0 Å². The first-order chi connectivity index (χ1) is 5.84. The van der Waals surface area contributed by atoms with Gasteiger partial charge in [-0.1, -0.05) is 12.8 Å². The van der Waals surface area contributed by atoms with Crippen molar-refractivity contribution in [3.63, 3.8) is 0 Å². The van der Waals surface area contributed by atoms with E-state index >= 15 is 0 Å². The molecule has 4 unspecified atom stereocenters. The molecule has 0 spiro atoms. The van der Waals surface area contributed by atoms with Gasteiger partial charge >= 0.3 is 0 Å². The van der Waals surface area contributed by atoms with Crippen molar-refractivity contribution in [2.75, 3.05) is 0 Å². The van der Waals surface area contributed by atoms with E-state index in [1.54, 1.807) is 0 Å².